The number of allylic oxidation sites excluding steroid dienone is 3. The summed E-state index contributed by atoms with van der Waals surface area (Å²) >= 11 is 6.83. The van der Waals surface area contributed by atoms with Gasteiger partial charge < -0.3 is 49.4 Å². The van der Waals surface area contributed by atoms with E-state index in [1.54, 1.807) is 57.7 Å². The highest BCUT2D eigenvalue weighted by atomic mass is 35.5. The fourth-order valence-corrected chi connectivity index (χ4v) is 12.3. The topological polar surface area (TPSA) is 213 Å². The summed E-state index contributed by atoms with van der Waals surface area (Å²) in [5.41, 5.74) is -11.0. The van der Waals surface area contributed by atoms with Crippen molar-refractivity contribution in [3.8, 4) is 0 Å². The molecule has 0 radical (unpaired) electrons. The molecule has 1 saturated heterocycles. The molecule has 344 valence electrons. The molecule has 3 N–H and O–H groups in total. The first-order chi connectivity index (χ1) is 28.6. The van der Waals surface area contributed by atoms with Crippen molar-refractivity contribution in [2.45, 2.75) is 168 Å². The highest BCUT2D eigenvalue weighted by Crippen LogP contribution is 2.69. The highest BCUT2D eigenvalue weighted by molar-refractivity contribution is 6.47. The molecule has 0 aromatic heterocycles. The number of rotatable bonds is 9. The number of amides is 3. The number of carbonyl (C=O) groups excluding carboxylic acids is 4. The minimum atomic E-state index is -2.83. The molecule has 17 heteroatoms. The summed E-state index contributed by atoms with van der Waals surface area (Å²) in [6.45, 7) is 20.1. The summed E-state index contributed by atoms with van der Waals surface area (Å²) in [6, 6.07) is -0.299. The van der Waals surface area contributed by atoms with Crippen LogP contribution in [0.4, 0.5) is 14.4 Å². The first-order valence-electron chi connectivity index (χ1n) is 21.8. The van der Waals surface area contributed by atoms with Crippen molar-refractivity contribution in [1.82, 2.24) is 10.2 Å². The van der Waals surface area contributed by atoms with Gasteiger partial charge in [-0.05, 0) is 98.5 Å². The Hall–Kier alpha value is -4.15. The Balaban J connectivity index is 1.74. The molecule has 4 aliphatic carbocycles. The number of hydrogen-bond donors (Lipinski definition) is 3. The van der Waals surface area contributed by atoms with Crippen LogP contribution >= 0.6 is 11.6 Å². The Bertz CT molecular complexity index is 2020. The Morgan fingerprint density at radius 1 is 1.11 bits per heavy atom. The maximum atomic E-state index is 15.3. The summed E-state index contributed by atoms with van der Waals surface area (Å²) in [4.78, 5) is 79.3. The van der Waals surface area contributed by atoms with E-state index >= 15 is 4.79 Å². The van der Waals surface area contributed by atoms with Gasteiger partial charge in [0.2, 0.25) is 11.1 Å². The van der Waals surface area contributed by atoms with Crippen LogP contribution in [0.3, 0.4) is 0 Å². The van der Waals surface area contributed by atoms with E-state index in [4.69, 9.17) is 30.6 Å². The number of carboxylic acid groups (broad SMARTS) is 2. The second-order valence-corrected chi connectivity index (χ2v) is 21.1. The van der Waals surface area contributed by atoms with Crippen molar-refractivity contribution in [1.29, 1.82) is 0 Å². The number of halogens is 1. The minimum absolute atomic E-state index is 0.00869. The van der Waals surface area contributed by atoms with Crippen LogP contribution in [-0.4, -0.2) is 115 Å². The lowest BCUT2D eigenvalue weighted by Gasteiger charge is -2.66. The number of likely N-dealkylation sites (tertiary alicyclic amines) is 1. The van der Waals surface area contributed by atoms with E-state index in [2.05, 4.69) is 10.5 Å². The molecule has 3 fully saturated rings. The normalized spacial score (nSPS) is 37.0. The Labute approximate surface area is 369 Å². The van der Waals surface area contributed by atoms with E-state index < -0.39 is 104 Å². The number of aliphatic hydroxyl groups is 1. The van der Waals surface area contributed by atoms with Crippen molar-refractivity contribution in [2.24, 2.45) is 34.2 Å². The van der Waals surface area contributed by atoms with Crippen LogP contribution in [0.5, 0.6) is 0 Å². The Morgan fingerprint density at radius 3 is 2.29 bits per heavy atom. The number of oxime groups is 1. The fourth-order valence-electron chi connectivity index (χ4n) is 12.0. The molecule has 2 saturated carbocycles. The number of nitrogens with zero attached hydrogens (tertiary/aromatic N) is 3. The van der Waals surface area contributed by atoms with Gasteiger partial charge in [0.15, 0.2) is 0 Å². The number of esters is 1. The summed E-state index contributed by atoms with van der Waals surface area (Å²) in [5, 5.41) is 49.0. The van der Waals surface area contributed by atoms with E-state index in [9.17, 15) is 34.5 Å². The molecule has 0 aromatic carbocycles. The van der Waals surface area contributed by atoms with Gasteiger partial charge in [-0.3, -0.25) is 4.79 Å². The van der Waals surface area contributed by atoms with E-state index in [-0.39, 0.29) is 34.9 Å². The number of carbonyl (C=O) groups is 5. The average molecular weight is 889 g/mol. The molecule has 2 aliphatic heterocycles. The van der Waals surface area contributed by atoms with Crippen molar-refractivity contribution >= 4 is 47.5 Å². The van der Waals surface area contributed by atoms with Gasteiger partial charge in [-0.25, -0.2) is 18.9 Å². The quantitative estimate of drug-likeness (QED) is 0.135. The highest BCUT2D eigenvalue weighted by Gasteiger charge is 2.89. The van der Waals surface area contributed by atoms with Crippen LogP contribution in [0, 0.1) is 29.1 Å². The number of fused-ring (bicyclic) bond motifs is 4. The summed E-state index contributed by atoms with van der Waals surface area (Å²) in [7, 11) is 0. The molecular formula is C45H65ClN4O12. The third-order valence-electron chi connectivity index (χ3n) is 14.6. The largest absolute Gasteiger partial charge is 0.510 e. The number of ether oxygens (including phenoxy) is 3. The predicted octanol–water partition coefficient (Wildman–Crippen LogP) is 6.15. The van der Waals surface area contributed by atoms with E-state index in [1.807, 2.05) is 20.8 Å². The molecule has 0 aromatic rings. The molecule has 2 heterocycles. The minimum Gasteiger partial charge on any atom is -0.498 e. The van der Waals surface area contributed by atoms with Crippen molar-refractivity contribution in [3.63, 3.8) is 0 Å². The zero-order chi connectivity index (χ0) is 46.3. The van der Waals surface area contributed by atoms with Crippen LogP contribution in [0.1, 0.15) is 122 Å². The lowest BCUT2D eigenvalue weighted by Crippen LogP contribution is -2.86. The van der Waals surface area contributed by atoms with Gasteiger partial charge in [0, 0.05) is 43.0 Å². The summed E-state index contributed by atoms with van der Waals surface area (Å²) in [5.74, 6) is -6.11. The third kappa shape index (κ3) is 7.01. The van der Waals surface area contributed by atoms with Crippen LogP contribution in [0.2, 0.25) is 0 Å². The number of aliphatic carboxylic acids is 1. The maximum Gasteiger partial charge on any atom is 0.510 e. The molecule has 0 bridgehead atoms. The second-order valence-electron chi connectivity index (χ2n) is 20.7. The van der Waals surface area contributed by atoms with Gasteiger partial charge in [-0.2, -0.15) is 0 Å². The van der Waals surface area contributed by atoms with Crippen LogP contribution < -0.4 is 10.4 Å². The molecule has 3 amide bonds. The first-order valence-corrected chi connectivity index (χ1v) is 22.2. The molecule has 6 aliphatic rings. The maximum absolute atomic E-state index is 15.3. The van der Waals surface area contributed by atoms with Gasteiger partial charge in [0.05, 0.1) is 23.0 Å². The van der Waals surface area contributed by atoms with E-state index in [0.29, 0.717) is 31.4 Å². The lowest BCUT2D eigenvalue weighted by atomic mass is 9.44. The second kappa shape index (κ2) is 15.8. The zero-order valence-corrected chi connectivity index (χ0v) is 38.9. The number of hydrogen-bond acceptors (Lipinski definition) is 12. The smallest absolute Gasteiger partial charge is 0.498 e. The number of urea groups is 1. The van der Waals surface area contributed by atoms with Crippen LogP contribution in [0.25, 0.3) is 0 Å². The summed E-state index contributed by atoms with van der Waals surface area (Å²) < 4.78 is 16.7. The first kappa shape index (κ1) is 47.3. The fraction of sp³-hybridized carbons (Fsp3) is 0.733. The van der Waals surface area contributed by atoms with Gasteiger partial charge in [-0.15, -0.1) is 0 Å². The van der Waals surface area contributed by atoms with Gasteiger partial charge in [-0.1, -0.05) is 62.2 Å². The van der Waals surface area contributed by atoms with Gasteiger partial charge >= 0.3 is 30.4 Å². The van der Waals surface area contributed by atoms with Gasteiger partial charge in [0.25, 0.3) is 6.09 Å². The third-order valence-corrected chi connectivity index (χ3v) is 14.9. The average Bonchev–Trinajstić information content (AvgIpc) is 3.92. The molecule has 62 heavy (non-hydrogen) atoms. The Kier molecular flexibility index (Phi) is 12.1. The molecule has 6 rings (SSSR count). The number of carboxylic acids is 1. The summed E-state index contributed by atoms with van der Waals surface area (Å²) in [6.07, 6.45) is 0.447. The van der Waals surface area contributed by atoms with Crippen LogP contribution in [-0.2, 0) is 28.6 Å². The SMILES string of the molecule is CCNC(=O)N(CC(C)[C@@]1(C)CCC[C@H]2C=C(C)[C@H](OC(C)=O)[C@H]([C@]3(C(=O)O)C[C@@]4(OC(=O)OC(C)(C)C)C5=CC(C)C=C(Cl)C5=NO[C@H]4[N+]3(C(=O)[O-])C(C)(C)C)[C@]21O)C1CC1. The molecule has 16 nitrogen and oxygen atoms in total. The molecular weight excluding hydrogens is 824 g/mol. The monoisotopic (exact) mass is 888 g/mol. The number of nitrogens with one attached hydrogen (secondary N) is 1. The number of quaternary nitrogens is 1. The standard InChI is InChI=1S/C45H65ClN4O12/c1-13-47-37(54)49(29-16-17-29)22-26(4)42(12)18-14-15-28-21-25(3)33(59-27(5)51)34(45(28,42)58)43(36(52)53)23-44(61-39(57)60-41(9,10)11)30-19-24(2)20-31(46)32(30)48-62-35(44)50(43,38(55)56)40(6,7)8/h19-21,24,26,28-29,33-35,58H,13-18,22-23H2,1-12H3,(H2-,47,52,53,54,55,56)/t24?,26?,28-,33-,34+,35+,42+,43-,44+,45+,50?/m0/s1. The zero-order valence-electron chi connectivity index (χ0n) is 38.1. The molecule has 3 unspecified atom stereocenters. The van der Waals surface area contributed by atoms with Crippen molar-refractivity contribution in [3.05, 3.63) is 34.4 Å². The van der Waals surface area contributed by atoms with E-state index in [1.165, 1.54) is 20.8 Å². The van der Waals surface area contributed by atoms with Crippen molar-refractivity contribution in [2.75, 3.05) is 13.1 Å². The predicted molar refractivity (Wildman–Crippen MR) is 225 cm³/mol. The molecule has 0 spiro atoms. The van der Waals surface area contributed by atoms with Crippen molar-refractivity contribution < 1.29 is 62.8 Å². The Morgan fingerprint density at radius 2 is 1.76 bits per heavy atom. The van der Waals surface area contributed by atoms with E-state index in [0.717, 1.165) is 19.8 Å². The van der Waals surface area contributed by atoms with Crippen LogP contribution in [0.15, 0.2) is 39.6 Å². The van der Waals surface area contributed by atoms with Gasteiger partial charge in [0.1, 0.15) is 23.0 Å². The lowest BCUT2D eigenvalue weighted by molar-refractivity contribution is -0.990. The molecule has 11 atom stereocenters.